The molecule has 0 aliphatic carbocycles. The summed E-state index contributed by atoms with van der Waals surface area (Å²) < 4.78 is 27.1. The predicted molar refractivity (Wildman–Crippen MR) is 77.9 cm³/mol. The van der Waals surface area contributed by atoms with Crippen molar-refractivity contribution in [2.45, 2.75) is 44.7 Å². The first-order valence-corrected chi connectivity index (χ1v) is 8.63. The Morgan fingerprint density at radius 2 is 2.25 bits per heavy atom. The average molecular weight is 300 g/mol. The van der Waals surface area contributed by atoms with Crippen LogP contribution in [0.15, 0.2) is 5.03 Å². The van der Waals surface area contributed by atoms with E-state index in [0.29, 0.717) is 25.6 Å². The van der Waals surface area contributed by atoms with Crippen LogP contribution in [0.5, 0.6) is 0 Å². The molecule has 1 unspecified atom stereocenters. The minimum absolute atomic E-state index is 0.182. The number of sulfonamides is 1. The molecular formula is C13H24N4O2S. The van der Waals surface area contributed by atoms with Gasteiger partial charge in [-0.3, -0.25) is 5.10 Å². The molecule has 1 aliphatic rings. The lowest BCUT2D eigenvalue weighted by molar-refractivity contribution is 0.261. The zero-order valence-corrected chi connectivity index (χ0v) is 13.3. The summed E-state index contributed by atoms with van der Waals surface area (Å²) in [5.74, 6) is 0.464. The van der Waals surface area contributed by atoms with E-state index in [1.165, 1.54) is 0 Å². The highest BCUT2D eigenvalue weighted by molar-refractivity contribution is 7.89. The molecule has 1 fully saturated rings. The Morgan fingerprint density at radius 1 is 1.50 bits per heavy atom. The summed E-state index contributed by atoms with van der Waals surface area (Å²) in [7, 11) is -1.68. The topological polar surface area (TPSA) is 78.1 Å². The molecule has 7 heteroatoms. The molecule has 0 aromatic carbocycles. The van der Waals surface area contributed by atoms with E-state index < -0.39 is 10.0 Å². The van der Waals surface area contributed by atoms with Gasteiger partial charge >= 0.3 is 0 Å². The van der Waals surface area contributed by atoms with Gasteiger partial charge < -0.3 is 5.32 Å². The number of hydrogen-bond donors (Lipinski definition) is 2. The Balaban J connectivity index is 2.30. The van der Waals surface area contributed by atoms with Crippen LogP contribution in [-0.4, -0.2) is 43.1 Å². The highest BCUT2D eigenvalue weighted by Crippen LogP contribution is 2.26. The lowest BCUT2D eigenvalue weighted by Gasteiger charge is -2.31. The molecule has 1 aromatic rings. The maximum Gasteiger partial charge on any atom is 0.262 e. The van der Waals surface area contributed by atoms with Gasteiger partial charge in [0.1, 0.15) is 0 Å². The molecule has 0 amide bonds. The Bertz CT molecular complexity index is 553. The molecule has 1 saturated heterocycles. The van der Waals surface area contributed by atoms with Crippen LogP contribution in [0.25, 0.3) is 0 Å². The second-order valence-electron chi connectivity index (χ2n) is 5.44. The zero-order chi connectivity index (χ0) is 14.8. The predicted octanol–water partition coefficient (Wildman–Crippen LogP) is 1.25. The Labute approximate surface area is 121 Å². The van der Waals surface area contributed by atoms with Gasteiger partial charge in [-0.15, -0.1) is 0 Å². The number of rotatable bonds is 5. The summed E-state index contributed by atoms with van der Waals surface area (Å²) in [5, 5.41) is 10.0. The number of aryl methyl sites for hydroxylation is 1. The standard InChI is InChI=1S/C13H24N4O2S/c1-4-11-6-5-7-17(9-11)20(18,19)13-12(8-14-3)10(2)15-16-13/h11,14H,4-9H2,1-3H3,(H,15,16). The van der Waals surface area contributed by atoms with Gasteiger partial charge in [-0.05, 0) is 32.7 Å². The number of piperidine rings is 1. The maximum absolute atomic E-state index is 12.8. The molecule has 0 spiro atoms. The van der Waals surface area contributed by atoms with Gasteiger partial charge in [-0.1, -0.05) is 13.3 Å². The van der Waals surface area contributed by atoms with Crippen molar-refractivity contribution in [1.29, 1.82) is 0 Å². The van der Waals surface area contributed by atoms with Crippen LogP contribution in [-0.2, 0) is 16.6 Å². The van der Waals surface area contributed by atoms with E-state index in [0.717, 1.165) is 30.5 Å². The fraction of sp³-hybridized carbons (Fsp3) is 0.769. The number of H-pyrrole nitrogens is 1. The zero-order valence-electron chi connectivity index (χ0n) is 12.4. The number of aromatic amines is 1. The molecule has 1 aromatic heterocycles. The van der Waals surface area contributed by atoms with Crippen molar-refractivity contribution in [2.75, 3.05) is 20.1 Å². The third kappa shape index (κ3) is 2.89. The quantitative estimate of drug-likeness (QED) is 0.858. The first-order chi connectivity index (χ1) is 9.50. The van der Waals surface area contributed by atoms with E-state index in [4.69, 9.17) is 0 Å². The minimum atomic E-state index is -3.49. The van der Waals surface area contributed by atoms with Gasteiger partial charge in [0, 0.05) is 30.9 Å². The molecule has 6 nitrogen and oxygen atoms in total. The van der Waals surface area contributed by atoms with Crippen molar-refractivity contribution >= 4 is 10.0 Å². The van der Waals surface area contributed by atoms with E-state index in [1.54, 1.807) is 11.4 Å². The van der Waals surface area contributed by atoms with Crippen LogP contribution in [0.3, 0.4) is 0 Å². The Hall–Kier alpha value is -0.920. The molecular weight excluding hydrogens is 276 g/mol. The fourth-order valence-electron chi connectivity index (χ4n) is 2.73. The summed E-state index contributed by atoms with van der Waals surface area (Å²) in [6.45, 7) is 5.69. The fourth-order valence-corrected chi connectivity index (χ4v) is 4.45. The van der Waals surface area contributed by atoms with Crippen LogP contribution in [0.1, 0.15) is 37.4 Å². The highest BCUT2D eigenvalue weighted by Gasteiger charge is 2.33. The van der Waals surface area contributed by atoms with Gasteiger partial charge in [0.25, 0.3) is 10.0 Å². The smallest absolute Gasteiger partial charge is 0.262 e. The molecule has 1 aliphatic heterocycles. The molecule has 20 heavy (non-hydrogen) atoms. The van der Waals surface area contributed by atoms with Crippen molar-refractivity contribution < 1.29 is 8.42 Å². The third-order valence-electron chi connectivity index (χ3n) is 4.03. The van der Waals surface area contributed by atoms with E-state index in [1.807, 2.05) is 6.92 Å². The number of aromatic nitrogens is 2. The van der Waals surface area contributed by atoms with E-state index >= 15 is 0 Å². The summed E-state index contributed by atoms with van der Waals surface area (Å²) >= 11 is 0. The number of nitrogens with zero attached hydrogens (tertiary/aromatic N) is 2. The van der Waals surface area contributed by atoms with Gasteiger partial charge in [-0.2, -0.15) is 9.40 Å². The largest absolute Gasteiger partial charge is 0.316 e. The molecule has 0 bridgehead atoms. The first kappa shape index (κ1) is 15.5. The van der Waals surface area contributed by atoms with Crippen molar-refractivity contribution in [1.82, 2.24) is 19.8 Å². The second-order valence-corrected chi connectivity index (χ2v) is 7.30. The molecule has 114 valence electrons. The van der Waals surface area contributed by atoms with Crippen molar-refractivity contribution in [2.24, 2.45) is 5.92 Å². The number of hydrogen-bond acceptors (Lipinski definition) is 4. The normalized spacial score (nSPS) is 21.2. The molecule has 2 N–H and O–H groups in total. The summed E-state index contributed by atoms with van der Waals surface area (Å²) in [5.41, 5.74) is 1.55. The SMILES string of the molecule is CCC1CCCN(S(=O)(=O)c2n[nH]c(C)c2CNC)C1. The van der Waals surface area contributed by atoms with Crippen LogP contribution < -0.4 is 5.32 Å². The van der Waals surface area contributed by atoms with Crippen molar-refractivity contribution in [3.05, 3.63) is 11.3 Å². The van der Waals surface area contributed by atoms with Gasteiger partial charge in [-0.25, -0.2) is 8.42 Å². The van der Waals surface area contributed by atoms with Gasteiger partial charge in [0.2, 0.25) is 0 Å². The molecule has 2 heterocycles. The summed E-state index contributed by atoms with van der Waals surface area (Å²) in [6.07, 6.45) is 3.07. The lowest BCUT2D eigenvalue weighted by atomic mass is 9.97. The lowest BCUT2D eigenvalue weighted by Crippen LogP contribution is -2.40. The molecule has 0 saturated carbocycles. The third-order valence-corrected chi connectivity index (χ3v) is 5.87. The average Bonchev–Trinajstić information content (AvgIpc) is 2.81. The van der Waals surface area contributed by atoms with Crippen molar-refractivity contribution in [3.8, 4) is 0 Å². The second kappa shape index (κ2) is 6.24. The van der Waals surface area contributed by atoms with E-state index in [2.05, 4.69) is 22.4 Å². The maximum atomic E-state index is 12.8. The minimum Gasteiger partial charge on any atom is -0.316 e. The van der Waals surface area contributed by atoms with Crippen LogP contribution >= 0.6 is 0 Å². The van der Waals surface area contributed by atoms with Crippen LogP contribution in [0.2, 0.25) is 0 Å². The molecule has 2 rings (SSSR count). The van der Waals surface area contributed by atoms with Gasteiger partial charge in [0.15, 0.2) is 5.03 Å². The molecule has 1 atom stereocenters. The Kier molecular flexibility index (Phi) is 4.82. The number of nitrogens with one attached hydrogen (secondary N) is 2. The molecule has 0 radical (unpaired) electrons. The Morgan fingerprint density at radius 3 is 2.90 bits per heavy atom. The van der Waals surface area contributed by atoms with Crippen molar-refractivity contribution in [3.63, 3.8) is 0 Å². The van der Waals surface area contributed by atoms with Crippen LogP contribution in [0.4, 0.5) is 0 Å². The van der Waals surface area contributed by atoms with E-state index in [-0.39, 0.29) is 5.03 Å². The highest BCUT2D eigenvalue weighted by atomic mass is 32.2. The summed E-state index contributed by atoms with van der Waals surface area (Å²) in [6, 6.07) is 0. The van der Waals surface area contributed by atoms with Gasteiger partial charge in [0.05, 0.1) is 0 Å². The van der Waals surface area contributed by atoms with E-state index in [9.17, 15) is 8.42 Å². The van der Waals surface area contributed by atoms with Crippen LogP contribution in [0, 0.1) is 12.8 Å². The monoisotopic (exact) mass is 300 g/mol. The first-order valence-electron chi connectivity index (χ1n) is 7.19. The summed E-state index contributed by atoms with van der Waals surface area (Å²) in [4.78, 5) is 0.